The molecule has 242 valence electrons. The summed E-state index contributed by atoms with van der Waals surface area (Å²) in [6.45, 7) is 2.32. The Morgan fingerprint density at radius 3 is 2.63 bits per heavy atom. The summed E-state index contributed by atoms with van der Waals surface area (Å²) in [6.07, 6.45) is 4.93. The summed E-state index contributed by atoms with van der Waals surface area (Å²) >= 11 is 7.75. The van der Waals surface area contributed by atoms with Crippen LogP contribution in [0.3, 0.4) is 0 Å². The van der Waals surface area contributed by atoms with Crippen LogP contribution in [0.1, 0.15) is 32.1 Å². The van der Waals surface area contributed by atoms with E-state index in [1.165, 1.54) is 12.1 Å². The van der Waals surface area contributed by atoms with E-state index >= 15 is 4.39 Å². The summed E-state index contributed by atoms with van der Waals surface area (Å²) in [5.74, 6) is -0.800. The SMILES string of the molecule is Nc1nc2c(-c3c(Cl)cc4c(N5CC6CCC(C5)N6[C-]=O)nc(OC[C@@]56CCCN5C[C@H](F)C6)nc4c3F)ccc(F)c2s1.O.[U]. The van der Waals surface area contributed by atoms with Crippen LogP contribution in [0.4, 0.5) is 24.1 Å². The fourth-order valence-corrected chi connectivity index (χ4v) is 8.84. The van der Waals surface area contributed by atoms with E-state index in [2.05, 4.69) is 21.3 Å². The number of fused-ring (bicyclic) bond motifs is 5. The molecule has 0 spiro atoms. The van der Waals surface area contributed by atoms with Gasteiger partial charge in [-0.1, -0.05) is 22.9 Å². The molecular weight excluding hydrogens is 869 g/mol. The fourth-order valence-electron chi connectivity index (χ4n) is 7.78. The van der Waals surface area contributed by atoms with Gasteiger partial charge in [-0.3, -0.25) is 4.90 Å². The average molecular weight is 899 g/mol. The van der Waals surface area contributed by atoms with Gasteiger partial charge in [-0.2, -0.15) is 16.4 Å². The maximum Gasteiger partial charge on any atom is 0.319 e. The second kappa shape index (κ2) is 12.6. The second-order valence-corrected chi connectivity index (χ2v) is 13.7. The van der Waals surface area contributed by atoms with Crippen molar-refractivity contribution in [2.75, 3.05) is 43.4 Å². The molecule has 10 nitrogen and oxygen atoms in total. The molecule has 0 aliphatic carbocycles. The molecule has 4 N–H and O–H groups in total. The normalized spacial score (nSPS) is 25.5. The quantitative estimate of drug-likeness (QED) is 0.284. The Bertz CT molecular complexity index is 1820. The monoisotopic (exact) mass is 898 g/mol. The number of aromatic nitrogens is 3. The Balaban J connectivity index is 0.00000186. The van der Waals surface area contributed by atoms with Gasteiger partial charge in [0.25, 0.3) is 0 Å². The molecule has 4 aliphatic rings. The number of hydrogen-bond acceptors (Lipinski definition) is 9. The first-order valence-electron chi connectivity index (χ1n) is 14.7. The number of nitrogen functional groups attached to an aromatic ring is 1. The maximum absolute atomic E-state index is 16.8. The Morgan fingerprint density at radius 1 is 1.13 bits per heavy atom. The Hall–Kier alpha value is -2.41. The van der Waals surface area contributed by atoms with Crippen LogP contribution in [0, 0.1) is 42.7 Å². The number of thiazole rings is 1. The van der Waals surface area contributed by atoms with Gasteiger partial charge in [0.05, 0.1) is 20.8 Å². The predicted octanol–water partition coefficient (Wildman–Crippen LogP) is 4.27. The zero-order chi connectivity index (χ0) is 30.3. The molecule has 16 heteroatoms. The van der Waals surface area contributed by atoms with Gasteiger partial charge in [0, 0.05) is 85.8 Å². The molecule has 4 saturated heterocycles. The molecule has 6 heterocycles. The number of rotatable bonds is 6. The summed E-state index contributed by atoms with van der Waals surface area (Å²) in [4.78, 5) is 31.1. The molecule has 2 unspecified atom stereocenters. The zero-order valence-corrected chi connectivity index (χ0v) is 30.3. The molecule has 1 amide bonds. The molecule has 2 aromatic heterocycles. The topological polar surface area (TPSA) is 132 Å². The van der Waals surface area contributed by atoms with Gasteiger partial charge in [-0.25, -0.2) is 18.2 Å². The molecule has 0 radical (unpaired) electrons. The van der Waals surface area contributed by atoms with E-state index in [1.807, 2.05) is 4.90 Å². The second-order valence-electron chi connectivity index (χ2n) is 12.3. The number of hydrogen-bond donors (Lipinski definition) is 1. The summed E-state index contributed by atoms with van der Waals surface area (Å²) in [7, 11) is 0. The van der Waals surface area contributed by atoms with Crippen LogP contribution in [0.15, 0.2) is 18.2 Å². The van der Waals surface area contributed by atoms with Gasteiger partial charge in [0.2, 0.25) is 0 Å². The minimum atomic E-state index is -0.928. The summed E-state index contributed by atoms with van der Waals surface area (Å²) < 4.78 is 52.2. The van der Waals surface area contributed by atoms with Gasteiger partial charge in [0.1, 0.15) is 29.9 Å². The van der Waals surface area contributed by atoms with Gasteiger partial charge >= 0.3 is 6.01 Å². The van der Waals surface area contributed by atoms with Crippen LogP contribution in [-0.2, 0) is 4.79 Å². The van der Waals surface area contributed by atoms with Gasteiger partial charge in [-0.05, 0) is 50.4 Å². The van der Waals surface area contributed by atoms with Crippen LogP contribution >= 0.6 is 22.9 Å². The fraction of sp³-hybridized carbons (Fsp3) is 0.467. The largest absolute Gasteiger partial charge is 0.520 e. The van der Waals surface area contributed by atoms with Crippen molar-refractivity contribution in [3.05, 3.63) is 34.9 Å². The van der Waals surface area contributed by atoms with Crippen molar-refractivity contribution in [3.8, 4) is 17.1 Å². The average Bonchev–Trinajstić information content (AvgIpc) is 3.72. The predicted molar refractivity (Wildman–Crippen MR) is 166 cm³/mol. The van der Waals surface area contributed by atoms with Crippen molar-refractivity contribution < 1.29 is 59.3 Å². The Kier molecular flexibility index (Phi) is 9.14. The minimum Gasteiger partial charge on any atom is -0.520 e. The molecule has 46 heavy (non-hydrogen) atoms. The summed E-state index contributed by atoms with van der Waals surface area (Å²) in [5, 5.41) is 0.609. The molecule has 8 rings (SSSR count). The number of alkyl halides is 1. The van der Waals surface area contributed by atoms with Crippen molar-refractivity contribution in [3.63, 3.8) is 0 Å². The van der Waals surface area contributed by atoms with Crippen LogP contribution in [0.5, 0.6) is 6.01 Å². The molecule has 4 atom stereocenters. The third kappa shape index (κ3) is 5.31. The number of carbonyl (C=O) groups excluding carboxylic acids is 1. The smallest absolute Gasteiger partial charge is 0.319 e. The number of amides is 1. The first-order valence-corrected chi connectivity index (χ1v) is 15.9. The van der Waals surface area contributed by atoms with Gasteiger partial charge in [-0.15, -0.1) is 0 Å². The molecule has 4 fully saturated rings. The summed E-state index contributed by atoms with van der Waals surface area (Å²) in [5.41, 5.74) is 5.94. The van der Waals surface area contributed by atoms with Crippen molar-refractivity contribution in [1.29, 1.82) is 0 Å². The van der Waals surface area contributed by atoms with Crippen LogP contribution in [0.25, 0.3) is 32.2 Å². The van der Waals surface area contributed by atoms with Crippen molar-refractivity contribution in [1.82, 2.24) is 24.8 Å². The third-order valence-corrected chi connectivity index (χ3v) is 10.9. The first-order chi connectivity index (χ1) is 21.2. The number of anilines is 2. The van der Waals surface area contributed by atoms with E-state index < -0.39 is 23.3 Å². The van der Waals surface area contributed by atoms with Crippen LogP contribution < -0.4 is 15.4 Å². The molecule has 2 bridgehead atoms. The zero-order valence-electron chi connectivity index (χ0n) is 24.5. The maximum atomic E-state index is 16.8. The van der Waals surface area contributed by atoms with Crippen molar-refractivity contribution in [2.45, 2.75) is 55.9 Å². The van der Waals surface area contributed by atoms with E-state index in [0.29, 0.717) is 37.3 Å². The van der Waals surface area contributed by atoms with E-state index in [0.717, 1.165) is 43.6 Å². The van der Waals surface area contributed by atoms with Crippen LogP contribution in [0.2, 0.25) is 5.02 Å². The van der Waals surface area contributed by atoms with Crippen molar-refractivity contribution in [2.24, 2.45) is 0 Å². The standard InChI is InChI=1S/C30H28ClF3N7O2S.H2O.U/c31-20-8-19-24(23(34)22(20)18-4-5-21(33)26-25(18)36-28(35)44-26)37-29(43-13-30-6-1-7-40(30)10-15(32)9-30)38-27(19)39-11-16-2-3-17(12-39)41(16)14-42;;/h4-5,8,15-17H,1-3,6-7,9-13H2,(H2,35,36);1H2;/q-1;;/t15-,16?,17?,30+;;/m1../s1. The van der Waals surface area contributed by atoms with E-state index in [-0.39, 0.29) is 98.3 Å². The first kappa shape index (κ1) is 33.5. The van der Waals surface area contributed by atoms with Gasteiger partial charge in [0.15, 0.2) is 10.9 Å². The number of benzene rings is 2. The van der Waals surface area contributed by atoms with Crippen molar-refractivity contribution >= 4 is 61.4 Å². The molecule has 2 aromatic carbocycles. The molecule has 0 saturated carbocycles. The van der Waals surface area contributed by atoms with Crippen LogP contribution in [-0.4, -0.2) is 93.2 Å². The van der Waals surface area contributed by atoms with E-state index in [4.69, 9.17) is 27.1 Å². The molecule has 4 aliphatic heterocycles. The number of piperazine rings is 1. The minimum absolute atomic E-state index is 0. The number of nitrogens with two attached hydrogens (primary N) is 1. The van der Waals surface area contributed by atoms with E-state index in [1.54, 1.807) is 11.0 Å². The van der Waals surface area contributed by atoms with Gasteiger partial charge < -0.3 is 30.5 Å². The Labute approximate surface area is 295 Å². The van der Waals surface area contributed by atoms with E-state index in [9.17, 15) is 13.6 Å². The number of ether oxygens (including phenoxy) is 1. The number of halogens is 4. The molecule has 4 aromatic rings. The Morgan fingerprint density at radius 2 is 1.89 bits per heavy atom. The summed E-state index contributed by atoms with van der Waals surface area (Å²) in [6, 6.07) is 4.16. The third-order valence-electron chi connectivity index (χ3n) is 9.74. The number of nitrogens with zero attached hydrogens (tertiary/aromatic N) is 6. The molecular formula is C30H30ClF3N7O3SU-.